The Kier molecular flexibility index (Phi) is 5.14. The molecule has 1 amide bonds. The van der Waals surface area contributed by atoms with Gasteiger partial charge in [-0.15, -0.1) is 11.3 Å². The predicted octanol–water partition coefficient (Wildman–Crippen LogP) is 4.51. The highest BCUT2D eigenvalue weighted by Gasteiger charge is 2.07. The van der Waals surface area contributed by atoms with Crippen LogP contribution in [-0.2, 0) is 4.79 Å². The monoisotopic (exact) mass is 369 g/mol. The second-order valence-electron chi connectivity index (χ2n) is 5.22. The van der Waals surface area contributed by atoms with E-state index in [2.05, 4.69) is 10.3 Å². The average Bonchev–Trinajstić information content (AvgIpc) is 3.09. The first-order chi connectivity index (χ1) is 12.5. The quantitative estimate of drug-likeness (QED) is 0.407. The van der Waals surface area contributed by atoms with E-state index in [1.807, 2.05) is 0 Å². The average molecular weight is 369 g/mol. The molecule has 0 atom stereocenters. The maximum absolute atomic E-state index is 13.0. The van der Waals surface area contributed by atoms with Crippen LogP contribution >= 0.6 is 11.3 Å². The van der Waals surface area contributed by atoms with Crippen LogP contribution in [0.25, 0.3) is 17.3 Å². The van der Waals surface area contributed by atoms with Crippen LogP contribution < -0.4 is 5.32 Å². The van der Waals surface area contributed by atoms with Crippen LogP contribution in [0.1, 0.15) is 5.56 Å². The highest BCUT2D eigenvalue weighted by Crippen LogP contribution is 2.25. The zero-order valence-electron chi connectivity index (χ0n) is 13.3. The predicted molar refractivity (Wildman–Crippen MR) is 98.3 cm³/mol. The third-order valence-electron chi connectivity index (χ3n) is 3.38. The Morgan fingerprint density at radius 3 is 2.73 bits per heavy atom. The number of nitro benzene ring substituents is 1. The van der Waals surface area contributed by atoms with Gasteiger partial charge in [0.1, 0.15) is 5.82 Å². The molecule has 0 fully saturated rings. The molecule has 130 valence electrons. The highest BCUT2D eigenvalue weighted by atomic mass is 32.1. The molecule has 0 bridgehead atoms. The van der Waals surface area contributed by atoms with Crippen LogP contribution in [0.3, 0.4) is 0 Å². The van der Waals surface area contributed by atoms with Gasteiger partial charge in [0.2, 0.25) is 5.91 Å². The van der Waals surface area contributed by atoms with Gasteiger partial charge in [0, 0.05) is 29.2 Å². The van der Waals surface area contributed by atoms with Gasteiger partial charge in [-0.3, -0.25) is 20.2 Å². The number of nitrogens with zero attached hydrogens (tertiary/aromatic N) is 2. The van der Waals surface area contributed by atoms with Crippen LogP contribution in [0, 0.1) is 15.9 Å². The molecular formula is C18H12FN3O3S. The third-order valence-corrected chi connectivity index (χ3v) is 4.14. The molecule has 6 nitrogen and oxygen atoms in total. The number of hydrogen-bond acceptors (Lipinski definition) is 5. The molecule has 0 radical (unpaired) electrons. The molecule has 8 heteroatoms. The van der Waals surface area contributed by atoms with Gasteiger partial charge in [-0.05, 0) is 35.9 Å². The minimum Gasteiger partial charge on any atom is -0.298 e. The molecule has 26 heavy (non-hydrogen) atoms. The summed E-state index contributed by atoms with van der Waals surface area (Å²) < 4.78 is 13.0. The van der Waals surface area contributed by atoms with Crippen molar-refractivity contribution >= 4 is 34.1 Å². The van der Waals surface area contributed by atoms with E-state index >= 15 is 0 Å². The topological polar surface area (TPSA) is 85.1 Å². The van der Waals surface area contributed by atoms with Gasteiger partial charge in [0.05, 0.1) is 10.6 Å². The van der Waals surface area contributed by atoms with Crippen molar-refractivity contribution in [2.45, 2.75) is 0 Å². The van der Waals surface area contributed by atoms with Crippen molar-refractivity contribution in [3.63, 3.8) is 0 Å². The SMILES string of the molecule is O=C(/C=C/c1cccc([N+](=O)[O-])c1)Nc1nc(-c2ccc(F)cc2)cs1. The summed E-state index contributed by atoms with van der Waals surface area (Å²) in [6.45, 7) is 0. The number of thiazole rings is 1. The van der Waals surface area contributed by atoms with E-state index in [0.29, 0.717) is 16.4 Å². The molecule has 1 aromatic heterocycles. The van der Waals surface area contributed by atoms with Crippen LogP contribution in [-0.4, -0.2) is 15.8 Å². The number of carbonyl (C=O) groups is 1. The molecule has 0 aliphatic heterocycles. The zero-order chi connectivity index (χ0) is 18.5. The summed E-state index contributed by atoms with van der Waals surface area (Å²) in [5.74, 6) is -0.736. The van der Waals surface area contributed by atoms with Gasteiger partial charge in [-0.2, -0.15) is 0 Å². The van der Waals surface area contributed by atoms with E-state index in [0.717, 1.165) is 5.56 Å². The number of benzene rings is 2. The lowest BCUT2D eigenvalue weighted by Crippen LogP contribution is -2.07. The van der Waals surface area contributed by atoms with E-state index in [1.54, 1.807) is 29.6 Å². The highest BCUT2D eigenvalue weighted by molar-refractivity contribution is 7.14. The third kappa shape index (κ3) is 4.37. The number of halogens is 1. The Morgan fingerprint density at radius 2 is 2.00 bits per heavy atom. The number of hydrogen-bond donors (Lipinski definition) is 1. The van der Waals surface area contributed by atoms with Crippen LogP contribution in [0.15, 0.2) is 60.0 Å². The van der Waals surface area contributed by atoms with Crippen LogP contribution in [0.5, 0.6) is 0 Å². The molecule has 0 aliphatic carbocycles. The van der Waals surface area contributed by atoms with Crippen molar-refractivity contribution < 1.29 is 14.1 Å². The van der Waals surface area contributed by atoms with E-state index in [4.69, 9.17) is 0 Å². The van der Waals surface area contributed by atoms with Crippen LogP contribution in [0.4, 0.5) is 15.2 Å². The van der Waals surface area contributed by atoms with Crippen molar-refractivity contribution in [2.75, 3.05) is 5.32 Å². The van der Waals surface area contributed by atoms with E-state index < -0.39 is 10.8 Å². The van der Waals surface area contributed by atoms with Crippen molar-refractivity contribution in [1.29, 1.82) is 0 Å². The number of rotatable bonds is 5. The Balaban J connectivity index is 1.66. The molecule has 0 unspecified atom stereocenters. The summed E-state index contributed by atoms with van der Waals surface area (Å²) in [4.78, 5) is 26.5. The summed E-state index contributed by atoms with van der Waals surface area (Å²) in [5, 5.41) is 15.5. The standard InChI is InChI=1S/C18H12FN3O3S/c19-14-7-5-13(6-8-14)16-11-26-18(20-16)21-17(23)9-4-12-2-1-3-15(10-12)22(24)25/h1-11H,(H,20,21,23)/b9-4+. The Labute approximate surface area is 151 Å². The second kappa shape index (κ2) is 7.66. The summed E-state index contributed by atoms with van der Waals surface area (Å²) in [7, 11) is 0. The smallest absolute Gasteiger partial charge is 0.270 e. The minimum atomic E-state index is -0.496. The van der Waals surface area contributed by atoms with E-state index in [9.17, 15) is 19.3 Å². The number of carbonyl (C=O) groups excluding carboxylic acids is 1. The Hall–Kier alpha value is -3.39. The van der Waals surface area contributed by atoms with Gasteiger partial charge >= 0.3 is 0 Å². The number of aromatic nitrogens is 1. The summed E-state index contributed by atoms with van der Waals surface area (Å²) >= 11 is 1.24. The van der Waals surface area contributed by atoms with Crippen molar-refractivity contribution in [3.8, 4) is 11.3 Å². The number of anilines is 1. The number of nitro groups is 1. The molecule has 1 N–H and O–H groups in total. The molecule has 1 heterocycles. The fourth-order valence-electron chi connectivity index (χ4n) is 2.15. The molecule has 0 saturated carbocycles. The Morgan fingerprint density at radius 1 is 1.23 bits per heavy atom. The fraction of sp³-hybridized carbons (Fsp3) is 0. The molecule has 3 aromatic rings. The molecule has 0 saturated heterocycles. The number of non-ortho nitro benzene ring substituents is 1. The maximum Gasteiger partial charge on any atom is 0.270 e. The largest absolute Gasteiger partial charge is 0.298 e. The van der Waals surface area contributed by atoms with Gasteiger partial charge in [0.25, 0.3) is 5.69 Å². The molecular weight excluding hydrogens is 357 g/mol. The van der Waals surface area contributed by atoms with Gasteiger partial charge in [0.15, 0.2) is 5.13 Å². The lowest BCUT2D eigenvalue weighted by molar-refractivity contribution is -0.384. The van der Waals surface area contributed by atoms with Crippen LogP contribution in [0.2, 0.25) is 0 Å². The summed E-state index contributed by atoms with van der Waals surface area (Å²) in [6.07, 6.45) is 2.76. The molecule has 2 aromatic carbocycles. The van der Waals surface area contributed by atoms with Crippen molar-refractivity contribution in [1.82, 2.24) is 4.98 Å². The summed E-state index contributed by atoms with van der Waals surface area (Å²) in [6, 6.07) is 11.9. The second-order valence-corrected chi connectivity index (χ2v) is 6.08. The lowest BCUT2D eigenvalue weighted by atomic mass is 10.2. The number of amides is 1. The molecule has 0 aliphatic rings. The minimum absolute atomic E-state index is 0.0450. The maximum atomic E-state index is 13.0. The van der Waals surface area contributed by atoms with Gasteiger partial charge < -0.3 is 0 Å². The van der Waals surface area contributed by atoms with E-state index in [1.165, 1.54) is 47.8 Å². The fourth-order valence-corrected chi connectivity index (χ4v) is 2.87. The number of nitrogens with one attached hydrogen (secondary N) is 1. The van der Waals surface area contributed by atoms with E-state index in [-0.39, 0.29) is 11.5 Å². The van der Waals surface area contributed by atoms with Gasteiger partial charge in [-0.25, -0.2) is 9.37 Å². The van der Waals surface area contributed by atoms with Crippen molar-refractivity contribution in [2.24, 2.45) is 0 Å². The normalized spacial score (nSPS) is 10.8. The lowest BCUT2D eigenvalue weighted by Gasteiger charge is -1.98. The van der Waals surface area contributed by atoms with Gasteiger partial charge in [-0.1, -0.05) is 12.1 Å². The van der Waals surface area contributed by atoms with Crippen molar-refractivity contribution in [3.05, 3.63) is 81.5 Å². The molecule has 3 rings (SSSR count). The first-order valence-corrected chi connectivity index (χ1v) is 8.34. The summed E-state index contributed by atoms with van der Waals surface area (Å²) in [5.41, 5.74) is 1.88. The Bertz CT molecular complexity index is 983. The zero-order valence-corrected chi connectivity index (χ0v) is 14.1. The first kappa shape index (κ1) is 17.4. The molecule has 0 spiro atoms. The first-order valence-electron chi connectivity index (χ1n) is 7.46.